The molecule has 2 aromatic carbocycles. The van der Waals surface area contributed by atoms with E-state index >= 15 is 0 Å². The molecule has 2 amide bonds. The predicted octanol–water partition coefficient (Wildman–Crippen LogP) is 5.02. The molecule has 0 saturated heterocycles. The Kier molecular flexibility index (Phi) is 10.0. The largest absolute Gasteiger partial charge is 0.352 e. The van der Waals surface area contributed by atoms with Crippen molar-refractivity contribution in [3.05, 3.63) is 64.1 Å². The van der Waals surface area contributed by atoms with Crippen LogP contribution in [0.2, 0.25) is 10.0 Å². The molecule has 36 heavy (non-hydrogen) atoms. The first-order chi connectivity index (χ1) is 17.1. The number of halogens is 2. The summed E-state index contributed by atoms with van der Waals surface area (Å²) in [6.45, 7) is 1.91. The summed E-state index contributed by atoms with van der Waals surface area (Å²) < 4.78 is 26.0. The lowest BCUT2D eigenvalue weighted by atomic mass is 10.1. The number of hydrogen-bond acceptors (Lipinski definition) is 4. The van der Waals surface area contributed by atoms with Crippen molar-refractivity contribution >= 4 is 50.7 Å². The molecule has 0 bridgehead atoms. The highest BCUT2D eigenvalue weighted by atomic mass is 35.5. The van der Waals surface area contributed by atoms with Crippen LogP contribution in [-0.4, -0.2) is 50.0 Å². The zero-order chi connectivity index (χ0) is 26.3. The van der Waals surface area contributed by atoms with Crippen molar-refractivity contribution in [2.24, 2.45) is 0 Å². The summed E-state index contributed by atoms with van der Waals surface area (Å²) in [4.78, 5) is 27.9. The fourth-order valence-corrected chi connectivity index (χ4v) is 5.91. The molecule has 0 aliphatic heterocycles. The molecule has 0 aromatic heterocycles. The van der Waals surface area contributed by atoms with Gasteiger partial charge in [0.05, 0.1) is 11.9 Å². The number of nitrogens with one attached hydrogen (secondary N) is 1. The molecule has 3 rings (SSSR count). The first kappa shape index (κ1) is 28.3. The Labute approximate surface area is 223 Å². The van der Waals surface area contributed by atoms with E-state index in [2.05, 4.69) is 5.32 Å². The predicted molar refractivity (Wildman–Crippen MR) is 145 cm³/mol. The smallest absolute Gasteiger partial charge is 0.242 e. The number of benzene rings is 2. The highest BCUT2D eigenvalue weighted by molar-refractivity contribution is 7.92. The van der Waals surface area contributed by atoms with Crippen LogP contribution in [0.3, 0.4) is 0 Å². The van der Waals surface area contributed by atoms with Gasteiger partial charge < -0.3 is 10.2 Å². The van der Waals surface area contributed by atoms with Gasteiger partial charge in [0.15, 0.2) is 0 Å². The normalized spacial score (nSPS) is 14.9. The van der Waals surface area contributed by atoms with Gasteiger partial charge in [-0.1, -0.05) is 60.3 Å². The molecular weight excluding hydrogens is 521 g/mol. The fraction of sp³-hybridized carbons (Fsp3) is 0.462. The molecule has 7 nitrogen and oxygen atoms in total. The van der Waals surface area contributed by atoms with Crippen LogP contribution in [0.5, 0.6) is 0 Å². The Bertz CT molecular complexity index is 1130. The van der Waals surface area contributed by atoms with E-state index < -0.39 is 16.1 Å². The molecular formula is C26H33Cl2N3O4S. The molecule has 10 heteroatoms. The molecule has 2 aromatic rings. The molecule has 1 aliphatic rings. The number of rotatable bonds is 11. The van der Waals surface area contributed by atoms with Gasteiger partial charge in [-0.05, 0) is 50.5 Å². The van der Waals surface area contributed by atoms with Gasteiger partial charge in [0.2, 0.25) is 21.8 Å². The zero-order valence-electron chi connectivity index (χ0n) is 20.6. The third-order valence-electron chi connectivity index (χ3n) is 6.46. The lowest BCUT2D eigenvalue weighted by molar-refractivity contribution is -0.140. The second kappa shape index (κ2) is 12.8. The Morgan fingerprint density at radius 3 is 2.22 bits per heavy atom. The second-order valence-electron chi connectivity index (χ2n) is 9.16. The highest BCUT2D eigenvalue weighted by Gasteiger charge is 2.29. The van der Waals surface area contributed by atoms with Crippen LogP contribution in [0.4, 0.5) is 5.69 Å². The van der Waals surface area contributed by atoms with E-state index in [1.807, 2.05) is 6.07 Å². The van der Waals surface area contributed by atoms with Gasteiger partial charge in [0.1, 0.15) is 6.04 Å². The summed E-state index contributed by atoms with van der Waals surface area (Å²) in [6.07, 6.45) is 5.51. The Morgan fingerprint density at radius 2 is 1.64 bits per heavy atom. The SMILES string of the molecule is C[C@@H](C(=O)NC1CCCC1)N(Cc1c(Cl)cccc1Cl)C(=O)CCCN(c1ccccc1)S(C)(=O)=O. The summed E-state index contributed by atoms with van der Waals surface area (Å²) in [7, 11) is -3.53. The summed E-state index contributed by atoms with van der Waals surface area (Å²) in [5, 5.41) is 3.88. The van der Waals surface area contributed by atoms with Crippen molar-refractivity contribution in [1.82, 2.24) is 10.2 Å². The quantitative estimate of drug-likeness (QED) is 0.423. The number of hydrogen-bond donors (Lipinski definition) is 1. The zero-order valence-corrected chi connectivity index (χ0v) is 23.0. The van der Waals surface area contributed by atoms with Gasteiger partial charge >= 0.3 is 0 Å². The van der Waals surface area contributed by atoms with E-state index in [4.69, 9.17) is 23.2 Å². The van der Waals surface area contributed by atoms with E-state index in [1.165, 1.54) is 9.21 Å². The summed E-state index contributed by atoms with van der Waals surface area (Å²) in [6, 6.07) is 13.2. The van der Waals surface area contributed by atoms with Gasteiger partial charge in [-0.3, -0.25) is 13.9 Å². The molecule has 196 valence electrons. The molecule has 0 heterocycles. The number of carbonyl (C=O) groups excluding carboxylic acids is 2. The third-order valence-corrected chi connectivity index (χ3v) is 8.36. The van der Waals surface area contributed by atoms with E-state index in [-0.39, 0.29) is 43.8 Å². The maximum atomic E-state index is 13.4. The van der Waals surface area contributed by atoms with Gasteiger partial charge in [0, 0.05) is 41.2 Å². The number of anilines is 1. The van der Waals surface area contributed by atoms with Crippen LogP contribution in [0.1, 0.15) is 51.0 Å². The standard InChI is InChI=1S/C26H33Cl2N3O4S/c1-19(26(33)29-20-10-6-7-11-20)30(18-22-23(27)14-8-15-24(22)28)25(32)16-9-17-31(36(2,34)35)21-12-4-3-5-13-21/h3-5,8,12-15,19-20H,6-7,9-11,16-18H2,1-2H3,(H,29,33)/t19-/m0/s1. The van der Waals surface area contributed by atoms with Crippen molar-refractivity contribution in [3.8, 4) is 0 Å². The fourth-order valence-electron chi connectivity index (χ4n) is 4.43. The highest BCUT2D eigenvalue weighted by Crippen LogP contribution is 2.27. The lowest BCUT2D eigenvalue weighted by Crippen LogP contribution is -2.49. The maximum absolute atomic E-state index is 13.4. The van der Waals surface area contributed by atoms with E-state index in [1.54, 1.807) is 49.4 Å². The number of sulfonamides is 1. The van der Waals surface area contributed by atoms with Crippen LogP contribution in [0.25, 0.3) is 0 Å². The topological polar surface area (TPSA) is 86.8 Å². The van der Waals surface area contributed by atoms with Crippen LogP contribution >= 0.6 is 23.2 Å². The number of nitrogens with zero attached hydrogens (tertiary/aromatic N) is 2. The lowest BCUT2D eigenvalue weighted by Gasteiger charge is -2.30. The second-order valence-corrected chi connectivity index (χ2v) is 11.9. The molecule has 1 saturated carbocycles. The first-order valence-corrected chi connectivity index (χ1v) is 14.7. The summed E-state index contributed by atoms with van der Waals surface area (Å²) >= 11 is 12.7. The van der Waals surface area contributed by atoms with Gasteiger partial charge in [-0.25, -0.2) is 8.42 Å². The molecule has 1 aliphatic carbocycles. The van der Waals surface area contributed by atoms with Crippen molar-refractivity contribution in [2.75, 3.05) is 17.1 Å². The minimum absolute atomic E-state index is 0.0575. The van der Waals surface area contributed by atoms with Gasteiger partial charge in [-0.2, -0.15) is 0 Å². The van der Waals surface area contributed by atoms with Crippen LogP contribution in [0, 0.1) is 0 Å². The van der Waals surface area contributed by atoms with E-state index in [9.17, 15) is 18.0 Å². The van der Waals surface area contributed by atoms with E-state index in [0.29, 0.717) is 21.3 Å². The molecule has 0 radical (unpaired) electrons. The molecule has 0 unspecified atom stereocenters. The van der Waals surface area contributed by atoms with Crippen molar-refractivity contribution in [1.29, 1.82) is 0 Å². The number of amides is 2. The average Bonchev–Trinajstić information content (AvgIpc) is 3.34. The minimum Gasteiger partial charge on any atom is -0.352 e. The van der Waals surface area contributed by atoms with Crippen LogP contribution in [-0.2, 0) is 26.2 Å². The Hall–Kier alpha value is -2.29. The van der Waals surface area contributed by atoms with Gasteiger partial charge in [0.25, 0.3) is 0 Å². The molecule has 0 spiro atoms. The Balaban J connectivity index is 1.75. The maximum Gasteiger partial charge on any atom is 0.242 e. The van der Waals surface area contributed by atoms with E-state index in [0.717, 1.165) is 31.9 Å². The Morgan fingerprint density at radius 1 is 1.03 bits per heavy atom. The van der Waals surface area contributed by atoms with Gasteiger partial charge in [-0.15, -0.1) is 0 Å². The van der Waals surface area contributed by atoms with Crippen molar-refractivity contribution < 1.29 is 18.0 Å². The van der Waals surface area contributed by atoms with Crippen LogP contribution < -0.4 is 9.62 Å². The minimum atomic E-state index is -3.53. The van der Waals surface area contributed by atoms with Crippen LogP contribution in [0.15, 0.2) is 48.5 Å². The first-order valence-electron chi connectivity index (χ1n) is 12.1. The molecule has 1 atom stereocenters. The number of para-hydroxylation sites is 1. The average molecular weight is 555 g/mol. The molecule has 1 fully saturated rings. The molecule has 1 N–H and O–H groups in total. The van der Waals surface area contributed by atoms with Crippen molar-refractivity contribution in [3.63, 3.8) is 0 Å². The summed E-state index contributed by atoms with van der Waals surface area (Å²) in [5.74, 6) is -0.498. The third kappa shape index (κ3) is 7.60. The van der Waals surface area contributed by atoms with Crippen molar-refractivity contribution in [2.45, 2.75) is 64.1 Å². The summed E-state index contributed by atoms with van der Waals surface area (Å²) in [5.41, 5.74) is 1.10. The number of carbonyl (C=O) groups is 2. The monoisotopic (exact) mass is 553 g/mol.